The van der Waals surface area contributed by atoms with E-state index in [9.17, 15) is 9.59 Å². The standard InChI is InChI=1S/C4H3ClO3/c1-2-8-4(7)3(5)6/h2H,1H2. The molecule has 0 fully saturated rings. The molecule has 0 aliphatic rings. The number of carbonyl (C=O) groups excluding carboxylic acids is 2. The SMILES string of the molecule is C=COC(=O)C(=O)Cl. The van der Waals surface area contributed by atoms with Crippen LogP contribution in [-0.4, -0.2) is 11.2 Å². The minimum absolute atomic E-state index is 0.836. The maximum absolute atomic E-state index is 9.97. The Morgan fingerprint density at radius 3 is 2.25 bits per heavy atom. The van der Waals surface area contributed by atoms with Gasteiger partial charge in [0.15, 0.2) is 0 Å². The van der Waals surface area contributed by atoms with E-state index in [1.54, 1.807) is 0 Å². The third-order valence-electron chi connectivity index (χ3n) is 0.351. The molecule has 0 saturated heterocycles. The van der Waals surface area contributed by atoms with Gasteiger partial charge in [0.2, 0.25) is 0 Å². The van der Waals surface area contributed by atoms with Gasteiger partial charge in [0.25, 0.3) is 0 Å². The minimum atomic E-state index is -1.15. The van der Waals surface area contributed by atoms with Crippen LogP contribution >= 0.6 is 11.6 Å². The zero-order valence-corrected chi connectivity index (χ0v) is 4.64. The fourth-order valence-corrected chi connectivity index (χ4v) is 0.167. The maximum atomic E-state index is 9.97. The Morgan fingerprint density at radius 2 is 2.12 bits per heavy atom. The highest BCUT2D eigenvalue weighted by Gasteiger charge is 2.08. The van der Waals surface area contributed by atoms with Crippen molar-refractivity contribution < 1.29 is 14.3 Å². The molecule has 0 aliphatic heterocycles. The normalized spacial score (nSPS) is 7.62. The molecule has 0 radical (unpaired) electrons. The summed E-state index contributed by atoms with van der Waals surface area (Å²) in [5.41, 5.74) is 0. The van der Waals surface area contributed by atoms with E-state index in [2.05, 4.69) is 22.9 Å². The number of halogens is 1. The number of ether oxygens (including phenoxy) is 1. The Hall–Kier alpha value is -0.830. The van der Waals surface area contributed by atoms with E-state index in [-0.39, 0.29) is 0 Å². The second-order valence-corrected chi connectivity index (χ2v) is 1.19. The van der Waals surface area contributed by atoms with Crippen molar-refractivity contribution in [3.8, 4) is 0 Å². The second-order valence-electron chi connectivity index (χ2n) is 0.846. The first-order chi connectivity index (χ1) is 3.68. The van der Waals surface area contributed by atoms with Crippen molar-refractivity contribution in [3.63, 3.8) is 0 Å². The highest BCUT2D eigenvalue weighted by atomic mass is 35.5. The summed E-state index contributed by atoms with van der Waals surface area (Å²) in [6, 6.07) is 0. The summed E-state index contributed by atoms with van der Waals surface area (Å²) in [5.74, 6) is -1.11. The van der Waals surface area contributed by atoms with Crippen LogP contribution in [0.15, 0.2) is 12.8 Å². The van der Waals surface area contributed by atoms with Crippen LogP contribution in [0.1, 0.15) is 0 Å². The predicted octanol–water partition coefficient (Wildman–Crippen LogP) is 0.438. The lowest BCUT2D eigenvalue weighted by Crippen LogP contribution is -2.07. The predicted molar refractivity (Wildman–Crippen MR) is 27.1 cm³/mol. The van der Waals surface area contributed by atoms with Crippen molar-refractivity contribution in [2.75, 3.05) is 0 Å². The lowest BCUT2D eigenvalue weighted by Gasteiger charge is -1.86. The first-order valence-corrected chi connectivity index (χ1v) is 2.07. The van der Waals surface area contributed by atoms with Crippen molar-refractivity contribution in [2.24, 2.45) is 0 Å². The molecule has 0 rings (SSSR count). The molecule has 0 saturated carbocycles. The molecule has 8 heavy (non-hydrogen) atoms. The van der Waals surface area contributed by atoms with Gasteiger partial charge in [-0.3, -0.25) is 4.79 Å². The molecule has 0 aromatic heterocycles. The molecule has 4 heteroatoms. The number of hydrogen-bond acceptors (Lipinski definition) is 3. The highest BCUT2D eigenvalue weighted by Crippen LogP contribution is 1.84. The van der Waals surface area contributed by atoms with Gasteiger partial charge in [-0.25, -0.2) is 4.79 Å². The van der Waals surface area contributed by atoms with Crippen molar-refractivity contribution in [1.29, 1.82) is 0 Å². The Bertz CT molecular complexity index is 129. The molecule has 0 atom stereocenters. The van der Waals surface area contributed by atoms with Gasteiger partial charge < -0.3 is 4.74 Å². The number of carbonyl (C=O) groups is 2. The third-order valence-corrected chi connectivity index (χ3v) is 0.505. The van der Waals surface area contributed by atoms with Crippen LogP contribution in [0.3, 0.4) is 0 Å². The summed E-state index contributed by atoms with van der Waals surface area (Å²) < 4.78 is 3.95. The fourth-order valence-electron chi connectivity index (χ4n) is 0.122. The van der Waals surface area contributed by atoms with Gasteiger partial charge in [-0.2, -0.15) is 0 Å². The molecule has 0 amide bonds. The van der Waals surface area contributed by atoms with E-state index >= 15 is 0 Å². The Morgan fingerprint density at radius 1 is 1.62 bits per heavy atom. The van der Waals surface area contributed by atoms with Crippen LogP contribution in [0, 0.1) is 0 Å². The summed E-state index contributed by atoms with van der Waals surface area (Å²) in [7, 11) is 0. The smallest absolute Gasteiger partial charge is 0.396 e. The van der Waals surface area contributed by atoms with Gasteiger partial charge in [-0.1, -0.05) is 6.58 Å². The van der Waals surface area contributed by atoms with E-state index in [1.165, 1.54) is 0 Å². The Labute approximate surface area is 50.9 Å². The van der Waals surface area contributed by atoms with E-state index in [4.69, 9.17) is 0 Å². The van der Waals surface area contributed by atoms with Crippen LogP contribution in [0.25, 0.3) is 0 Å². The second kappa shape index (κ2) is 3.21. The topological polar surface area (TPSA) is 43.4 Å². The summed E-state index contributed by atoms with van der Waals surface area (Å²) in [5, 5.41) is -1.15. The number of esters is 1. The lowest BCUT2D eigenvalue weighted by atomic mass is 10.8. The number of rotatable bonds is 2. The third kappa shape index (κ3) is 2.36. The van der Waals surface area contributed by atoms with Crippen molar-refractivity contribution in [2.45, 2.75) is 0 Å². The van der Waals surface area contributed by atoms with Gasteiger partial charge in [-0.05, 0) is 11.6 Å². The quantitative estimate of drug-likeness (QED) is 0.238. The van der Waals surface area contributed by atoms with Gasteiger partial charge in [0.05, 0.1) is 6.26 Å². The molecule has 0 unspecified atom stereocenters. The molecule has 0 heterocycles. The summed E-state index contributed by atoms with van der Waals surface area (Å²) in [6.45, 7) is 3.03. The summed E-state index contributed by atoms with van der Waals surface area (Å²) >= 11 is 4.65. The maximum Gasteiger partial charge on any atom is 0.396 e. The monoisotopic (exact) mass is 134 g/mol. The molecule has 3 nitrogen and oxygen atoms in total. The molecular weight excluding hydrogens is 131 g/mol. The van der Waals surface area contributed by atoms with E-state index in [1.807, 2.05) is 0 Å². The highest BCUT2D eigenvalue weighted by molar-refractivity contribution is 6.80. The largest absolute Gasteiger partial charge is 0.428 e. The molecule has 0 spiro atoms. The number of hydrogen-bond donors (Lipinski definition) is 0. The van der Waals surface area contributed by atoms with E-state index < -0.39 is 11.2 Å². The molecule has 0 bridgehead atoms. The van der Waals surface area contributed by atoms with Gasteiger partial charge in [0, 0.05) is 0 Å². The summed E-state index contributed by atoms with van der Waals surface area (Å²) in [4.78, 5) is 19.7. The van der Waals surface area contributed by atoms with E-state index in [0.29, 0.717) is 0 Å². The zero-order chi connectivity index (χ0) is 6.57. The van der Waals surface area contributed by atoms with Crippen molar-refractivity contribution >= 4 is 22.8 Å². The first kappa shape index (κ1) is 7.17. The lowest BCUT2D eigenvalue weighted by molar-refractivity contribution is -0.145. The molecular formula is C4H3ClO3. The van der Waals surface area contributed by atoms with Gasteiger partial charge in [-0.15, -0.1) is 0 Å². The van der Waals surface area contributed by atoms with Gasteiger partial charge >= 0.3 is 11.2 Å². The van der Waals surface area contributed by atoms with Crippen molar-refractivity contribution in [3.05, 3.63) is 12.8 Å². The van der Waals surface area contributed by atoms with Gasteiger partial charge in [0.1, 0.15) is 0 Å². The first-order valence-electron chi connectivity index (χ1n) is 1.70. The molecule has 0 N–H and O–H groups in total. The zero-order valence-electron chi connectivity index (χ0n) is 3.89. The molecule has 44 valence electrons. The van der Waals surface area contributed by atoms with Crippen LogP contribution in [0.4, 0.5) is 0 Å². The molecule has 0 aromatic carbocycles. The minimum Gasteiger partial charge on any atom is -0.428 e. The van der Waals surface area contributed by atoms with Crippen LogP contribution in [0.5, 0.6) is 0 Å². The summed E-state index contributed by atoms with van der Waals surface area (Å²) in [6.07, 6.45) is 0.836. The molecule has 0 aromatic rings. The fraction of sp³-hybridized carbons (Fsp3) is 0. The molecule has 0 aliphatic carbocycles. The Balaban J connectivity index is 3.65. The van der Waals surface area contributed by atoms with Crippen LogP contribution < -0.4 is 0 Å². The average molecular weight is 135 g/mol. The Kier molecular flexibility index (Phi) is 2.88. The van der Waals surface area contributed by atoms with E-state index in [0.717, 1.165) is 6.26 Å². The average Bonchev–Trinajstić information content (AvgIpc) is 1.67. The van der Waals surface area contributed by atoms with Crippen LogP contribution in [-0.2, 0) is 14.3 Å². The van der Waals surface area contributed by atoms with Crippen molar-refractivity contribution in [1.82, 2.24) is 0 Å². The van der Waals surface area contributed by atoms with Crippen LogP contribution in [0.2, 0.25) is 0 Å².